The van der Waals surface area contributed by atoms with Gasteiger partial charge in [0.15, 0.2) is 0 Å². The Morgan fingerprint density at radius 2 is 1.85 bits per heavy atom. The summed E-state index contributed by atoms with van der Waals surface area (Å²) in [4.78, 5) is 28.0. The molecule has 5 heteroatoms. The van der Waals surface area contributed by atoms with Crippen molar-refractivity contribution >= 4 is 17.6 Å². The molecule has 1 spiro atoms. The minimum Gasteiger partial charge on any atom is -0.481 e. The molecule has 5 nitrogen and oxygen atoms in total. The summed E-state index contributed by atoms with van der Waals surface area (Å²) in [6.07, 6.45) is 1.90. The van der Waals surface area contributed by atoms with E-state index in [0.717, 1.165) is 36.2 Å². The average Bonchev–Trinajstić information content (AvgIpc) is 3.29. The number of hydrogen-bond acceptors (Lipinski definition) is 3. The molecular weight excluding hydrogens is 328 g/mol. The van der Waals surface area contributed by atoms with Crippen LogP contribution in [0.3, 0.4) is 0 Å². The fourth-order valence-corrected chi connectivity index (χ4v) is 5.54. The van der Waals surface area contributed by atoms with Crippen molar-refractivity contribution in [2.75, 3.05) is 11.9 Å². The Bertz CT molecular complexity index is 897. The Kier molecular flexibility index (Phi) is 3.25. The van der Waals surface area contributed by atoms with Crippen molar-refractivity contribution in [2.24, 2.45) is 5.92 Å². The Balaban J connectivity index is 1.78. The molecule has 0 saturated carbocycles. The van der Waals surface area contributed by atoms with Crippen LogP contribution in [0.15, 0.2) is 54.6 Å². The van der Waals surface area contributed by atoms with E-state index in [2.05, 4.69) is 10.2 Å². The molecule has 5 rings (SSSR count). The molecule has 4 unspecified atom stereocenters. The molecule has 2 aromatic rings. The number of carbonyl (C=O) groups excluding carboxylic acids is 1. The summed E-state index contributed by atoms with van der Waals surface area (Å²) in [7, 11) is 0. The molecule has 3 aliphatic heterocycles. The predicted octanol–water partition coefficient (Wildman–Crippen LogP) is 2.80. The van der Waals surface area contributed by atoms with Crippen LogP contribution in [0.5, 0.6) is 0 Å². The highest BCUT2D eigenvalue weighted by Crippen LogP contribution is 2.60. The summed E-state index contributed by atoms with van der Waals surface area (Å²) in [6.45, 7) is 0.750. The number of hydrogen-bond donors (Lipinski definition) is 2. The number of anilines is 1. The molecule has 2 fully saturated rings. The number of para-hydroxylation sites is 1. The van der Waals surface area contributed by atoms with E-state index in [1.54, 1.807) is 0 Å². The summed E-state index contributed by atoms with van der Waals surface area (Å²) in [5, 5.41) is 13.2. The maximum Gasteiger partial charge on any atom is 0.309 e. The number of carboxylic acids is 1. The molecule has 3 heterocycles. The normalized spacial score (nSPS) is 32.5. The smallest absolute Gasteiger partial charge is 0.309 e. The van der Waals surface area contributed by atoms with Gasteiger partial charge in [0.05, 0.1) is 5.92 Å². The van der Waals surface area contributed by atoms with E-state index in [0.29, 0.717) is 0 Å². The maximum absolute atomic E-state index is 13.3. The molecule has 1 amide bonds. The zero-order valence-corrected chi connectivity index (χ0v) is 14.3. The maximum atomic E-state index is 13.3. The standard InChI is InChI=1S/C21H20N2O3/c24-19(25)18-17(13-7-2-1-3-8-13)16-11-6-12-23(16)21(18)14-9-4-5-10-15(14)22-20(21)26/h1-5,7-10,16-18H,6,11-12H2,(H,22,26)(H,24,25). The van der Waals surface area contributed by atoms with E-state index in [9.17, 15) is 14.7 Å². The van der Waals surface area contributed by atoms with Crippen LogP contribution in [0, 0.1) is 5.92 Å². The zero-order chi connectivity index (χ0) is 17.9. The van der Waals surface area contributed by atoms with Gasteiger partial charge in [-0.05, 0) is 31.0 Å². The quantitative estimate of drug-likeness (QED) is 0.876. The van der Waals surface area contributed by atoms with Crippen LogP contribution in [0.4, 0.5) is 5.69 Å². The van der Waals surface area contributed by atoms with Crippen molar-refractivity contribution in [1.82, 2.24) is 4.90 Å². The lowest BCUT2D eigenvalue weighted by atomic mass is 9.72. The van der Waals surface area contributed by atoms with Crippen molar-refractivity contribution in [3.63, 3.8) is 0 Å². The van der Waals surface area contributed by atoms with Gasteiger partial charge >= 0.3 is 5.97 Å². The average molecular weight is 348 g/mol. The third-order valence-corrected chi connectivity index (χ3v) is 6.36. The van der Waals surface area contributed by atoms with Gasteiger partial charge < -0.3 is 10.4 Å². The number of nitrogens with zero attached hydrogens (tertiary/aromatic N) is 1. The van der Waals surface area contributed by atoms with Crippen LogP contribution < -0.4 is 5.32 Å². The largest absolute Gasteiger partial charge is 0.481 e. The number of amides is 1. The molecule has 0 aromatic heterocycles. The lowest BCUT2D eigenvalue weighted by molar-refractivity contribution is -0.150. The summed E-state index contributed by atoms with van der Waals surface area (Å²) in [5.41, 5.74) is 1.43. The first-order valence-corrected chi connectivity index (χ1v) is 9.11. The number of benzene rings is 2. The fourth-order valence-electron chi connectivity index (χ4n) is 5.54. The first-order valence-electron chi connectivity index (χ1n) is 9.11. The molecule has 132 valence electrons. The van der Waals surface area contributed by atoms with Crippen molar-refractivity contribution < 1.29 is 14.7 Å². The second kappa shape index (κ2) is 5.42. The fraction of sp³-hybridized carbons (Fsp3) is 0.333. The third-order valence-electron chi connectivity index (χ3n) is 6.36. The molecule has 26 heavy (non-hydrogen) atoms. The number of fused-ring (bicyclic) bond motifs is 4. The van der Waals surface area contributed by atoms with Gasteiger partial charge in [0.1, 0.15) is 5.54 Å². The minimum atomic E-state index is -1.12. The summed E-state index contributed by atoms with van der Waals surface area (Å²) >= 11 is 0. The van der Waals surface area contributed by atoms with Crippen LogP contribution in [0.25, 0.3) is 0 Å². The van der Waals surface area contributed by atoms with Gasteiger partial charge in [0.25, 0.3) is 5.91 Å². The van der Waals surface area contributed by atoms with Crippen molar-refractivity contribution in [2.45, 2.75) is 30.3 Å². The summed E-state index contributed by atoms with van der Waals surface area (Å²) in [6, 6.07) is 17.4. The van der Waals surface area contributed by atoms with Gasteiger partial charge in [-0.15, -0.1) is 0 Å². The van der Waals surface area contributed by atoms with Crippen LogP contribution in [0.1, 0.15) is 29.9 Å². The molecule has 0 radical (unpaired) electrons. The van der Waals surface area contributed by atoms with E-state index in [1.807, 2.05) is 54.6 Å². The highest BCUT2D eigenvalue weighted by Gasteiger charge is 2.69. The zero-order valence-electron chi connectivity index (χ0n) is 14.3. The lowest BCUT2D eigenvalue weighted by Crippen LogP contribution is -2.52. The Morgan fingerprint density at radius 1 is 1.12 bits per heavy atom. The van der Waals surface area contributed by atoms with Crippen LogP contribution in [-0.4, -0.2) is 34.5 Å². The van der Waals surface area contributed by atoms with Gasteiger partial charge in [-0.2, -0.15) is 0 Å². The highest BCUT2D eigenvalue weighted by atomic mass is 16.4. The number of rotatable bonds is 2. The van der Waals surface area contributed by atoms with Gasteiger partial charge in [-0.3, -0.25) is 14.5 Å². The highest BCUT2D eigenvalue weighted by molar-refractivity contribution is 6.09. The van der Waals surface area contributed by atoms with E-state index >= 15 is 0 Å². The Labute approximate surface area is 151 Å². The van der Waals surface area contributed by atoms with Crippen molar-refractivity contribution in [3.05, 3.63) is 65.7 Å². The van der Waals surface area contributed by atoms with Crippen molar-refractivity contribution in [3.8, 4) is 0 Å². The molecule has 0 bridgehead atoms. The Morgan fingerprint density at radius 3 is 2.62 bits per heavy atom. The van der Waals surface area contributed by atoms with E-state index in [4.69, 9.17) is 0 Å². The molecule has 3 aliphatic rings. The monoisotopic (exact) mass is 348 g/mol. The van der Waals surface area contributed by atoms with Gasteiger partial charge in [0, 0.05) is 23.2 Å². The van der Waals surface area contributed by atoms with Gasteiger partial charge in [-0.1, -0.05) is 48.5 Å². The van der Waals surface area contributed by atoms with E-state index < -0.39 is 17.4 Å². The molecule has 4 atom stereocenters. The van der Waals surface area contributed by atoms with E-state index in [-0.39, 0.29) is 17.9 Å². The van der Waals surface area contributed by atoms with Crippen LogP contribution in [0.2, 0.25) is 0 Å². The summed E-state index contributed by atoms with van der Waals surface area (Å²) < 4.78 is 0. The van der Waals surface area contributed by atoms with Crippen LogP contribution in [-0.2, 0) is 15.1 Å². The third kappa shape index (κ3) is 1.78. The molecule has 2 N–H and O–H groups in total. The first kappa shape index (κ1) is 15.6. The molecule has 0 aliphatic carbocycles. The molecular formula is C21H20N2O3. The number of nitrogens with one attached hydrogen (secondary N) is 1. The van der Waals surface area contributed by atoms with Gasteiger partial charge in [0.2, 0.25) is 0 Å². The lowest BCUT2D eigenvalue weighted by Gasteiger charge is -2.35. The Hall–Kier alpha value is -2.66. The van der Waals surface area contributed by atoms with Crippen molar-refractivity contribution in [1.29, 1.82) is 0 Å². The number of aliphatic carboxylic acids is 1. The predicted molar refractivity (Wildman–Crippen MR) is 96.8 cm³/mol. The first-order chi connectivity index (χ1) is 12.7. The summed E-state index contributed by atoms with van der Waals surface area (Å²) in [5.74, 6) is -2.11. The van der Waals surface area contributed by atoms with Crippen LogP contribution >= 0.6 is 0 Å². The number of carbonyl (C=O) groups is 2. The topological polar surface area (TPSA) is 69.6 Å². The molecule has 2 aromatic carbocycles. The van der Waals surface area contributed by atoms with Gasteiger partial charge in [-0.25, -0.2) is 0 Å². The SMILES string of the molecule is O=C(O)C1C(c2ccccc2)C2CCCN2C12C(=O)Nc1ccccc12. The molecule has 2 saturated heterocycles. The van der Waals surface area contributed by atoms with E-state index in [1.165, 1.54) is 0 Å². The minimum absolute atomic E-state index is 0.0652. The number of carboxylic acid groups (broad SMARTS) is 1. The second-order valence-electron chi connectivity index (χ2n) is 7.42. The second-order valence-corrected chi connectivity index (χ2v) is 7.42.